The van der Waals surface area contributed by atoms with Gasteiger partial charge in [0.1, 0.15) is 4.90 Å². The van der Waals surface area contributed by atoms with Crippen molar-refractivity contribution >= 4 is 60.7 Å². The van der Waals surface area contributed by atoms with Crippen LogP contribution in [0.1, 0.15) is 0 Å². The number of sulfonamides is 1. The van der Waals surface area contributed by atoms with Crippen LogP contribution in [0.3, 0.4) is 0 Å². The number of amides is 1. The molecule has 0 spiro atoms. The van der Waals surface area contributed by atoms with Crippen LogP contribution < -0.4 is 5.32 Å². The third kappa shape index (κ3) is 4.49. The van der Waals surface area contributed by atoms with Crippen LogP contribution in [0.5, 0.6) is 0 Å². The van der Waals surface area contributed by atoms with Crippen molar-refractivity contribution < 1.29 is 13.2 Å². The SMILES string of the molecule is CN(CC(=O)Nc1ccccc1Cl)S(=O)(=O)c1ccc(Br)cc1Cl. The molecular weight excluding hydrogens is 439 g/mol. The summed E-state index contributed by atoms with van der Waals surface area (Å²) in [6, 6.07) is 11.1. The molecule has 0 aliphatic rings. The molecule has 1 amide bonds. The van der Waals surface area contributed by atoms with Gasteiger partial charge in [-0.05, 0) is 30.3 Å². The lowest BCUT2D eigenvalue weighted by Crippen LogP contribution is -2.35. The van der Waals surface area contributed by atoms with Crippen molar-refractivity contribution in [3.8, 4) is 0 Å². The first-order valence-electron chi connectivity index (χ1n) is 6.67. The minimum atomic E-state index is -3.90. The summed E-state index contributed by atoms with van der Waals surface area (Å²) in [6.45, 7) is -0.375. The molecule has 0 aliphatic heterocycles. The Balaban J connectivity index is 2.14. The molecule has 128 valence electrons. The number of nitrogens with one attached hydrogen (secondary N) is 1. The Morgan fingerprint density at radius 2 is 1.83 bits per heavy atom. The first-order valence-corrected chi connectivity index (χ1v) is 9.66. The topological polar surface area (TPSA) is 66.5 Å². The van der Waals surface area contributed by atoms with Crippen molar-refractivity contribution in [2.45, 2.75) is 4.90 Å². The number of para-hydroxylation sites is 1. The smallest absolute Gasteiger partial charge is 0.244 e. The van der Waals surface area contributed by atoms with Gasteiger partial charge in [-0.25, -0.2) is 8.42 Å². The molecule has 0 fully saturated rings. The summed E-state index contributed by atoms with van der Waals surface area (Å²) in [5.74, 6) is -0.512. The summed E-state index contributed by atoms with van der Waals surface area (Å²) in [4.78, 5) is 12.0. The Morgan fingerprint density at radius 3 is 2.46 bits per heavy atom. The maximum absolute atomic E-state index is 12.5. The lowest BCUT2D eigenvalue weighted by atomic mass is 10.3. The number of carbonyl (C=O) groups excluding carboxylic acids is 1. The molecule has 2 aromatic rings. The molecule has 24 heavy (non-hydrogen) atoms. The molecule has 9 heteroatoms. The van der Waals surface area contributed by atoms with Crippen molar-refractivity contribution in [2.24, 2.45) is 0 Å². The van der Waals surface area contributed by atoms with E-state index in [0.717, 1.165) is 4.31 Å². The van der Waals surface area contributed by atoms with Crippen LogP contribution in [0.2, 0.25) is 10.0 Å². The van der Waals surface area contributed by atoms with Gasteiger partial charge in [0.15, 0.2) is 0 Å². The maximum Gasteiger partial charge on any atom is 0.244 e. The van der Waals surface area contributed by atoms with Crippen molar-refractivity contribution in [1.29, 1.82) is 0 Å². The van der Waals surface area contributed by atoms with Gasteiger partial charge in [0.2, 0.25) is 15.9 Å². The monoisotopic (exact) mass is 450 g/mol. The van der Waals surface area contributed by atoms with E-state index >= 15 is 0 Å². The number of hydrogen-bond donors (Lipinski definition) is 1. The third-order valence-electron chi connectivity index (χ3n) is 3.10. The fraction of sp³-hybridized carbons (Fsp3) is 0.133. The zero-order valence-electron chi connectivity index (χ0n) is 12.5. The van der Waals surface area contributed by atoms with E-state index in [0.29, 0.717) is 15.2 Å². The van der Waals surface area contributed by atoms with E-state index < -0.39 is 15.9 Å². The summed E-state index contributed by atoms with van der Waals surface area (Å²) >= 11 is 15.2. The van der Waals surface area contributed by atoms with Crippen molar-refractivity contribution in [2.75, 3.05) is 18.9 Å². The van der Waals surface area contributed by atoms with Crippen LogP contribution in [0.4, 0.5) is 5.69 Å². The molecule has 0 unspecified atom stereocenters. The Bertz CT molecular complexity index is 875. The van der Waals surface area contributed by atoms with E-state index in [1.54, 1.807) is 30.3 Å². The molecule has 0 saturated heterocycles. The second kappa shape index (κ2) is 7.84. The van der Waals surface area contributed by atoms with E-state index in [2.05, 4.69) is 21.2 Å². The number of anilines is 1. The molecular formula is C15H13BrCl2N2O3S. The normalized spacial score (nSPS) is 11.5. The Morgan fingerprint density at radius 1 is 1.17 bits per heavy atom. The van der Waals surface area contributed by atoms with Crippen molar-refractivity contribution in [3.63, 3.8) is 0 Å². The number of nitrogens with zero attached hydrogens (tertiary/aromatic N) is 1. The molecule has 5 nitrogen and oxygen atoms in total. The van der Waals surface area contributed by atoms with E-state index in [4.69, 9.17) is 23.2 Å². The summed E-state index contributed by atoms with van der Waals surface area (Å²) < 4.78 is 26.7. The molecule has 0 aliphatic carbocycles. The summed E-state index contributed by atoms with van der Waals surface area (Å²) in [5, 5.41) is 3.01. The average Bonchev–Trinajstić information content (AvgIpc) is 2.49. The summed E-state index contributed by atoms with van der Waals surface area (Å²) in [7, 11) is -2.59. The van der Waals surface area contributed by atoms with Crippen LogP contribution in [0, 0.1) is 0 Å². The second-order valence-corrected chi connectivity index (χ2v) is 8.61. The highest BCUT2D eigenvalue weighted by atomic mass is 79.9. The van der Waals surface area contributed by atoms with E-state index in [1.807, 2.05) is 0 Å². The fourth-order valence-corrected chi connectivity index (χ4v) is 4.21. The summed E-state index contributed by atoms with van der Waals surface area (Å²) in [6.07, 6.45) is 0. The molecule has 0 atom stereocenters. The van der Waals surface area contributed by atoms with Gasteiger partial charge in [0.25, 0.3) is 0 Å². The van der Waals surface area contributed by atoms with Crippen LogP contribution in [0.15, 0.2) is 51.8 Å². The Hall–Kier alpha value is -1.12. The molecule has 0 saturated carbocycles. The molecule has 0 bridgehead atoms. The number of rotatable bonds is 5. The first-order chi connectivity index (χ1) is 11.2. The highest BCUT2D eigenvalue weighted by Crippen LogP contribution is 2.27. The van der Waals surface area contributed by atoms with E-state index in [9.17, 15) is 13.2 Å². The number of likely N-dealkylation sites (N-methyl/N-ethyl adjacent to an activating group) is 1. The van der Waals surface area contributed by atoms with Crippen LogP contribution in [0.25, 0.3) is 0 Å². The number of hydrogen-bond acceptors (Lipinski definition) is 3. The Kier molecular flexibility index (Phi) is 6.28. The number of benzene rings is 2. The second-order valence-electron chi connectivity index (χ2n) is 4.86. The molecule has 0 heterocycles. The molecule has 2 aromatic carbocycles. The lowest BCUT2D eigenvalue weighted by molar-refractivity contribution is -0.116. The van der Waals surface area contributed by atoms with Crippen LogP contribution in [-0.2, 0) is 14.8 Å². The number of halogens is 3. The maximum atomic E-state index is 12.5. The predicted molar refractivity (Wildman–Crippen MR) is 99.0 cm³/mol. The standard InChI is InChI=1S/C15H13BrCl2N2O3S/c1-20(9-15(21)19-13-5-3-2-4-11(13)17)24(22,23)14-7-6-10(16)8-12(14)18/h2-8H,9H2,1H3,(H,19,21). The van der Waals surface area contributed by atoms with E-state index in [1.165, 1.54) is 19.2 Å². The molecule has 2 rings (SSSR count). The van der Waals surface area contributed by atoms with Crippen molar-refractivity contribution in [3.05, 3.63) is 57.0 Å². The average molecular weight is 452 g/mol. The highest BCUT2D eigenvalue weighted by molar-refractivity contribution is 9.10. The zero-order chi connectivity index (χ0) is 17.9. The largest absolute Gasteiger partial charge is 0.324 e. The molecule has 1 N–H and O–H groups in total. The van der Waals surface area contributed by atoms with Gasteiger partial charge in [0.05, 0.1) is 22.3 Å². The summed E-state index contributed by atoms with van der Waals surface area (Å²) in [5.41, 5.74) is 0.414. The third-order valence-corrected chi connectivity index (χ3v) is 6.21. The first kappa shape index (κ1) is 19.2. The Labute approximate surface area is 158 Å². The van der Waals surface area contributed by atoms with Gasteiger partial charge >= 0.3 is 0 Å². The zero-order valence-corrected chi connectivity index (χ0v) is 16.4. The van der Waals surface area contributed by atoms with Gasteiger partial charge in [-0.3, -0.25) is 4.79 Å². The quantitative estimate of drug-likeness (QED) is 0.746. The minimum absolute atomic E-state index is 0.0691. The van der Waals surface area contributed by atoms with Gasteiger partial charge in [-0.15, -0.1) is 0 Å². The van der Waals surface area contributed by atoms with Gasteiger partial charge in [-0.2, -0.15) is 4.31 Å². The van der Waals surface area contributed by atoms with Crippen LogP contribution in [-0.4, -0.2) is 32.2 Å². The van der Waals surface area contributed by atoms with Crippen LogP contribution >= 0.6 is 39.1 Å². The fourth-order valence-electron chi connectivity index (χ4n) is 1.89. The molecule has 0 aromatic heterocycles. The minimum Gasteiger partial charge on any atom is -0.324 e. The van der Waals surface area contributed by atoms with Crippen molar-refractivity contribution in [1.82, 2.24) is 4.31 Å². The highest BCUT2D eigenvalue weighted by Gasteiger charge is 2.25. The molecule has 0 radical (unpaired) electrons. The number of carbonyl (C=O) groups is 1. The lowest BCUT2D eigenvalue weighted by Gasteiger charge is -2.18. The van der Waals surface area contributed by atoms with Gasteiger partial charge < -0.3 is 5.32 Å². The van der Waals surface area contributed by atoms with Gasteiger partial charge in [-0.1, -0.05) is 51.3 Å². The predicted octanol–water partition coefficient (Wildman–Crippen LogP) is 4.02. The van der Waals surface area contributed by atoms with Gasteiger partial charge in [0, 0.05) is 11.5 Å². The van der Waals surface area contributed by atoms with E-state index in [-0.39, 0.29) is 16.5 Å².